The normalized spacial score (nSPS) is 24.2. The number of rotatable bonds is 6. The standard InChI is InChI=1S/C34H40F2N6O2/c1-3-24-27(35)9-8-21-13-23(43)14-25(28(21)24)30-29(36)31-26(16-38-30)32(41-11-5-4-7-22(37)18-41)40-33(39-31)44-19-34-10-6-12-42(34)17-20(2)15-34/h8-9,13-14,16,20,22,43H,3-7,10-12,15,17-19,37H2,1-2H3/t20-,22-,34+/m1/s1. The number of anilines is 1. The van der Waals surface area contributed by atoms with Gasteiger partial charge < -0.3 is 20.5 Å². The fourth-order valence-corrected chi connectivity index (χ4v) is 7.94. The largest absolute Gasteiger partial charge is 0.508 e. The molecule has 8 nitrogen and oxygen atoms in total. The lowest BCUT2D eigenvalue weighted by Gasteiger charge is -2.31. The van der Waals surface area contributed by atoms with Gasteiger partial charge in [-0.3, -0.25) is 9.88 Å². The summed E-state index contributed by atoms with van der Waals surface area (Å²) in [4.78, 5) is 18.7. The molecule has 0 saturated carbocycles. The van der Waals surface area contributed by atoms with Gasteiger partial charge in [-0.05, 0) is 85.5 Å². The number of pyridine rings is 1. The molecule has 44 heavy (non-hydrogen) atoms. The Bertz CT molecular complexity index is 1730. The Hall–Kier alpha value is -3.63. The van der Waals surface area contributed by atoms with Gasteiger partial charge in [0.1, 0.15) is 35.2 Å². The quantitative estimate of drug-likeness (QED) is 0.279. The summed E-state index contributed by atoms with van der Waals surface area (Å²) in [5, 5.41) is 12.2. The number of phenolic OH excluding ortho intramolecular Hbond substituents is 1. The van der Waals surface area contributed by atoms with Crippen LogP contribution in [0, 0.1) is 17.6 Å². The molecule has 3 fully saturated rings. The van der Waals surface area contributed by atoms with Crippen molar-refractivity contribution in [3.8, 4) is 23.0 Å². The minimum atomic E-state index is -0.663. The van der Waals surface area contributed by atoms with Crippen molar-refractivity contribution >= 4 is 27.5 Å². The molecule has 5 heterocycles. The monoisotopic (exact) mass is 602 g/mol. The van der Waals surface area contributed by atoms with Gasteiger partial charge in [-0.2, -0.15) is 9.97 Å². The zero-order valence-corrected chi connectivity index (χ0v) is 25.5. The van der Waals surface area contributed by atoms with Crippen LogP contribution in [0.2, 0.25) is 0 Å². The van der Waals surface area contributed by atoms with Gasteiger partial charge >= 0.3 is 6.01 Å². The van der Waals surface area contributed by atoms with Crippen molar-refractivity contribution in [1.82, 2.24) is 19.9 Å². The fraction of sp³-hybridized carbons (Fsp3) is 0.500. The maximum absolute atomic E-state index is 16.8. The van der Waals surface area contributed by atoms with E-state index in [0.717, 1.165) is 58.2 Å². The van der Waals surface area contributed by atoms with E-state index in [1.54, 1.807) is 18.3 Å². The van der Waals surface area contributed by atoms with Crippen LogP contribution in [0.3, 0.4) is 0 Å². The molecule has 0 amide bonds. The van der Waals surface area contributed by atoms with E-state index in [1.807, 2.05) is 6.92 Å². The van der Waals surface area contributed by atoms with E-state index in [1.165, 1.54) is 12.1 Å². The summed E-state index contributed by atoms with van der Waals surface area (Å²) in [5.41, 5.74) is 7.21. The van der Waals surface area contributed by atoms with E-state index in [0.29, 0.717) is 58.6 Å². The molecule has 3 N–H and O–H groups in total. The van der Waals surface area contributed by atoms with Crippen molar-refractivity contribution < 1.29 is 18.6 Å². The van der Waals surface area contributed by atoms with E-state index >= 15 is 4.39 Å². The molecular formula is C34H40F2N6O2. The zero-order chi connectivity index (χ0) is 30.6. The first-order valence-corrected chi connectivity index (χ1v) is 16.0. The van der Waals surface area contributed by atoms with Gasteiger partial charge in [0.05, 0.1) is 10.9 Å². The maximum Gasteiger partial charge on any atom is 0.319 e. The van der Waals surface area contributed by atoms with Crippen LogP contribution in [-0.4, -0.2) is 69.3 Å². The molecule has 2 aromatic heterocycles. The molecule has 3 aliphatic heterocycles. The van der Waals surface area contributed by atoms with Gasteiger partial charge in [-0.15, -0.1) is 0 Å². The molecule has 0 spiro atoms. The molecule has 0 aliphatic carbocycles. The molecule has 3 aliphatic rings. The predicted molar refractivity (Wildman–Crippen MR) is 168 cm³/mol. The number of fused-ring (bicyclic) bond motifs is 3. The van der Waals surface area contributed by atoms with E-state index in [9.17, 15) is 9.50 Å². The molecule has 10 heteroatoms. The summed E-state index contributed by atoms with van der Waals surface area (Å²) in [6.07, 6.45) is 8.09. The number of hydrogen-bond donors (Lipinski definition) is 2. The minimum Gasteiger partial charge on any atom is -0.508 e. The average molecular weight is 603 g/mol. The number of nitrogens with two attached hydrogens (primary N) is 1. The average Bonchev–Trinajstić information content (AvgIpc) is 3.43. The number of phenols is 1. The summed E-state index contributed by atoms with van der Waals surface area (Å²) >= 11 is 0. The van der Waals surface area contributed by atoms with Crippen LogP contribution >= 0.6 is 0 Å². The fourth-order valence-electron chi connectivity index (χ4n) is 7.94. The topological polar surface area (TPSA) is 101 Å². The van der Waals surface area contributed by atoms with Crippen LogP contribution in [0.4, 0.5) is 14.6 Å². The smallest absolute Gasteiger partial charge is 0.319 e. The summed E-state index contributed by atoms with van der Waals surface area (Å²) in [5.74, 6) is 0.0455. The van der Waals surface area contributed by atoms with Crippen LogP contribution in [0.1, 0.15) is 57.9 Å². The third kappa shape index (κ3) is 5.01. The Morgan fingerprint density at radius 3 is 2.82 bits per heavy atom. The Labute approximate surface area is 256 Å². The number of nitrogens with zero attached hydrogens (tertiary/aromatic N) is 5. The third-order valence-corrected chi connectivity index (χ3v) is 9.88. The van der Waals surface area contributed by atoms with Crippen LogP contribution in [-0.2, 0) is 6.42 Å². The number of aryl methyl sites for hydroxylation is 1. The highest BCUT2D eigenvalue weighted by atomic mass is 19.1. The first-order chi connectivity index (χ1) is 21.3. The van der Waals surface area contributed by atoms with E-state index in [-0.39, 0.29) is 40.4 Å². The van der Waals surface area contributed by atoms with E-state index in [2.05, 4.69) is 26.7 Å². The van der Waals surface area contributed by atoms with Gasteiger partial charge in [0.15, 0.2) is 5.82 Å². The van der Waals surface area contributed by atoms with Gasteiger partial charge in [0.2, 0.25) is 0 Å². The summed E-state index contributed by atoms with van der Waals surface area (Å²) in [7, 11) is 0. The predicted octanol–water partition coefficient (Wildman–Crippen LogP) is 5.96. The second kappa shape index (κ2) is 11.4. The van der Waals surface area contributed by atoms with Crippen LogP contribution in [0.15, 0.2) is 30.5 Å². The maximum atomic E-state index is 16.8. The Morgan fingerprint density at radius 2 is 1.98 bits per heavy atom. The van der Waals surface area contributed by atoms with Crippen molar-refractivity contribution in [1.29, 1.82) is 0 Å². The molecule has 4 aromatic rings. The highest BCUT2D eigenvalue weighted by Crippen LogP contribution is 2.42. The molecule has 0 unspecified atom stereocenters. The highest BCUT2D eigenvalue weighted by Gasteiger charge is 2.47. The Morgan fingerprint density at radius 1 is 1.11 bits per heavy atom. The van der Waals surface area contributed by atoms with Gasteiger partial charge in [-0.1, -0.05) is 26.3 Å². The number of aromatic nitrogens is 3. The number of benzene rings is 2. The Kier molecular flexibility index (Phi) is 7.53. The number of hydrogen-bond acceptors (Lipinski definition) is 8. The highest BCUT2D eigenvalue weighted by molar-refractivity contribution is 6.01. The molecule has 232 valence electrons. The van der Waals surface area contributed by atoms with Crippen LogP contribution in [0.25, 0.3) is 32.9 Å². The number of ether oxygens (including phenoxy) is 1. The first-order valence-electron chi connectivity index (χ1n) is 16.0. The van der Waals surface area contributed by atoms with Crippen molar-refractivity contribution in [3.05, 3.63) is 47.7 Å². The number of aromatic hydroxyl groups is 1. The van der Waals surface area contributed by atoms with Crippen LogP contribution in [0.5, 0.6) is 11.8 Å². The lowest BCUT2D eigenvalue weighted by Crippen LogP contribution is -2.43. The summed E-state index contributed by atoms with van der Waals surface area (Å²) < 4.78 is 38.1. The number of halogens is 2. The summed E-state index contributed by atoms with van der Waals surface area (Å²) in [6, 6.07) is 6.07. The second-order valence-corrected chi connectivity index (χ2v) is 13.1. The van der Waals surface area contributed by atoms with Gasteiger partial charge in [0.25, 0.3) is 0 Å². The molecule has 0 bridgehead atoms. The lowest BCUT2D eigenvalue weighted by atomic mass is 9.92. The Balaban J connectivity index is 1.38. The van der Waals surface area contributed by atoms with Crippen molar-refractivity contribution in [3.63, 3.8) is 0 Å². The zero-order valence-electron chi connectivity index (χ0n) is 25.5. The molecule has 3 saturated heterocycles. The summed E-state index contributed by atoms with van der Waals surface area (Å²) in [6.45, 7) is 8.00. The van der Waals surface area contributed by atoms with Crippen molar-refractivity contribution in [2.45, 2.75) is 70.4 Å². The molecule has 7 rings (SSSR count). The van der Waals surface area contributed by atoms with Crippen molar-refractivity contribution in [2.24, 2.45) is 11.7 Å². The molecule has 2 aromatic carbocycles. The van der Waals surface area contributed by atoms with Crippen molar-refractivity contribution in [2.75, 3.05) is 37.7 Å². The molecular weight excluding hydrogens is 562 g/mol. The minimum absolute atomic E-state index is 0.00736. The molecule has 3 atom stereocenters. The van der Waals surface area contributed by atoms with Crippen LogP contribution < -0.4 is 15.4 Å². The second-order valence-electron chi connectivity index (χ2n) is 13.1. The van der Waals surface area contributed by atoms with E-state index < -0.39 is 5.82 Å². The van der Waals surface area contributed by atoms with Gasteiger partial charge in [-0.25, -0.2) is 8.78 Å². The SMILES string of the molecule is CCc1c(F)ccc2cc(O)cc(-c3ncc4c(N5CCCC[C@@H](N)C5)nc(OC[C@@]56CCCN5C[C@H](C)C6)nc4c3F)c12. The molecule has 0 radical (unpaired) electrons. The van der Waals surface area contributed by atoms with Gasteiger partial charge in [0, 0.05) is 37.4 Å². The third-order valence-electron chi connectivity index (χ3n) is 9.88. The van der Waals surface area contributed by atoms with E-state index in [4.69, 9.17) is 15.5 Å². The first kappa shape index (κ1) is 29.1. The lowest BCUT2D eigenvalue weighted by molar-refractivity contribution is 0.107.